The minimum atomic E-state index is 0.271. The zero-order chi connectivity index (χ0) is 12.6. The maximum atomic E-state index is 6.20. The molecule has 2 unspecified atom stereocenters. The first-order valence-electron chi connectivity index (χ1n) is 5.64. The molecule has 2 nitrogen and oxygen atoms in total. The van der Waals surface area contributed by atoms with Crippen molar-refractivity contribution in [2.75, 3.05) is 18.0 Å². The monoisotopic (exact) mass is 292 g/mol. The molecule has 0 amide bonds. The van der Waals surface area contributed by atoms with E-state index in [0.29, 0.717) is 21.0 Å². The van der Waals surface area contributed by atoms with Gasteiger partial charge in [0.1, 0.15) is 0 Å². The van der Waals surface area contributed by atoms with Gasteiger partial charge < -0.3 is 10.6 Å². The van der Waals surface area contributed by atoms with E-state index in [2.05, 4.69) is 11.8 Å². The van der Waals surface area contributed by atoms with Crippen molar-refractivity contribution in [1.29, 1.82) is 0 Å². The second-order valence-corrected chi connectivity index (χ2v) is 5.82. The molecule has 1 fully saturated rings. The first kappa shape index (κ1) is 13.3. The summed E-state index contributed by atoms with van der Waals surface area (Å²) in [5, 5.41) is 1.66. The van der Waals surface area contributed by atoms with Crippen LogP contribution in [0, 0.1) is 5.92 Å². The molecule has 0 aliphatic carbocycles. The molecule has 0 saturated carbocycles. The minimum absolute atomic E-state index is 0.271. The SMILES string of the molecule is CC1CN(c2cc(Cl)c(Cl)cc2Cl)CCC1N. The molecule has 1 saturated heterocycles. The first-order chi connectivity index (χ1) is 7.99. The van der Waals surface area contributed by atoms with Crippen molar-refractivity contribution in [3.63, 3.8) is 0 Å². The van der Waals surface area contributed by atoms with Gasteiger partial charge in [-0.1, -0.05) is 41.7 Å². The summed E-state index contributed by atoms with van der Waals surface area (Å²) in [4.78, 5) is 2.22. The maximum Gasteiger partial charge on any atom is 0.0655 e. The predicted molar refractivity (Wildman–Crippen MR) is 75.4 cm³/mol. The van der Waals surface area contributed by atoms with E-state index in [1.54, 1.807) is 6.07 Å². The van der Waals surface area contributed by atoms with Crippen molar-refractivity contribution in [3.05, 3.63) is 27.2 Å². The van der Waals surface area contributed by atoms with Crippen LogP contribution in [0.3, 0.4) is 0 Å². The molecule has 2 N–H and O–H groups in total. The average Bonchev–Trinajstić information content (AvgIpc) is 2.27. The maximum absolute atomic E-state index is 6.20. The molecular formula is C12H15Cl3N2. The van der Waals surface area contributed by atoms with Crippen molar-refractivity contribution >= 4 is 40.5 Å². The second kappa shape index (κ2) is 5.23. The molecule has 2 rings (SSSR count). The van der Waals surface area contributed by atoms with E-state index in [0.717, 1.165) is 25.2 Å². The lowest BCUT2D eigenvalue weighted by Gasteiger charge is -2.37. The van der Waals surface area contributed by atoms with Gasteiger partial charge >= 0.3 is 0 Å². The number of rotatable bonds is 1. The van der Waals surface area contributed by atoms with Gasteiger partial charge in [0.25, 0.3) is 0 Å². The Bertz CT molecular complexity index is 422. The van der Waals surface area contributed by atoms with Crippen molar-refractivity contribution in [3.8, 4) is 0 Å². The summed E-state index contributed by atoms with van der Waals surface area (Å²) >= 11 is 18.2. The van der Waals surface area contributed by atoms with Crippen LogP contribution in [0.4, 0.5) is 5.69 Å². The normalized spacial score (nSPS) is 25.1. The van der Waals surface area contributed by atoms with E-state index in [-0.39, 0.29) is 6.04 Å². The highest BCUT2D eigenvalue weighted by Crippen LogP contribution is 2.36. The molecule has 1 heterocycles. The molecule has 1 aromatic rings. The van der Waals surface area contributed by atoms with Crippen LogP contribution in [-0.2, 0) is 0 Å². The zero-order valence-corrected chi connectivity index (χ0v) is 11.9. The number of nitrogens with two attached hydrogens (primary N) is 1. The Balaban J connectivity index is 2.26. The molecule has 1 aliphatic heterocycles. The number of hydrogen-bond acceptors (Lipinski definition) is 2. The fourth-order valence-corrected chi connectivity index (χ4v) is 2.80. The van der Waals surface area contributed by atoms with Crippen LogP contribution < -0.4 is 10.6 Å². The largest absolute Gasteiger partial charge is 0.370 e. The highest BCUT2D eigenvalue weighted by Gasteiger charge is 2.24. The van der Waals surface area contributed by atoms with E-state index >= 15 is 0 Å². The van der Waals surface area contributed by atoms with Gasteiger partial charge in [0, 0.05) is 19.1 Å². The third-order valence-corrected chi connectivity index (χ3v) is 4.33. The van der Waals surface area contributed by atoms with Gasteiger partial charge in [-0.3, -0.25) is 0 Å². The Labute approximate surface area is 117 Å². The number of halogens is 3. The Morgan fingerprint density at radius 2 is 1.82 bits per heavy atom. The number of hydrogen-bond donors (Lipinski definition) is 1. The highest BCUT2D eigenvalue weighted by atomic mass is 35.5. The van der Waals surface area contributed by atoms with Crippen LogP contribution in [0.2, 0.25) is 15.1 Å². The van der Waals surface area contributed by atoms with Gasteiger partial charge in [0.2, 0.25) is 0 Å². The molecule has 0 bridgehead atoms. The molecule has 0 spiro atoms. The molecule has 0 aromatic heterocycles. The van der Waals surface area contributed by atoms with Gasteiger partial charge in [0.15, 0.2) is 0 Å². The van der Waals surface area contributed by atoms with Crippen LogP contribution in [0.1, 0.15) is 13.3 Å². The zero-order valence-electron chi connectivity index (χ0n) is 9.59. The van der Waals surface area contributed by atoms with Crippen LogP contribution in [-0.4, -0.2) is 19.1 Å². The van der Waals surface area contributed by atoms with Crippen molar-refractivity contribution in [2.45, 2.75) is 19.4 Å². The minimum Gasteiger partial charge on any atom is -0.370 e. The summed E-state index contributed by atoms with van der Waals surface area (Å²) in [5.74, 6) is 0.453. The Hall–Kier alpha value is -0.150. The molecule has 2 atom stereocenters. The topological polar surface area (TPSA) is 29.3 Å². The highest BCUT2D eigenvalue weighted by molar-refractivity contribution is 6.44. The van der Waals surface area contributed by atoms with Gasteiger partial charge in [-0.2, -0.15) is 0 Å². The predicted octanol–water partition coefficient (Wildman–Crippen LogP) is 3.82. The van der Waals surface area contributed by atoms with Crippen LogP contribution in [0.25, 0.3) is 0 Å². The summed E-state index contributed by atoms with van der Waals surface area (Å²) in [6.07, 6.45) is 0.970. The lowest BCUT2D eigenvalue weighted by atomic mass is 9.94. The van der Waals surface area contributed by atoms with Crippen LogP contribution in [0.15, 0.2) is 12.1 Å². The lowest BCUT2D eigenvalue weighted by molar-refractivity contribution is 0.383. The van der Waals surface area contributed by atoms with Crippen molar-refractivity contribution < 1.29 is 0 Å². The van der Waals surface area contributed by atoms with Crippen molar-refractivity contribution in [1.82, 2.24) is 0 Å². The Morgan fingerprint density at radius 3 is 2.47 bits per heavy atom. The first-order valence-corrected chi connectivity index (χ1v) is 6.77. The average molecular weight is 294 g/mol. The summed E-state index contributed by atoms with van der Waals surface area (Å²) in [6, 6.07) is 3.79. The summed E-state index contributed by atoms with van der Waals surface area (Å²) < 4.78 is 0. The van der Waals surface area contributed by atoms with Gasteiger partial charge in [-0.05, 0) is 24.5 Å². The number of anilines is 1. The molecule has 17 heavy (non-hydrogen) atoms. The second-order valence-electron chi connectivity index (χ2n) is 4.59. The van der Waals surface area contributed by atoms with Gasteiger partial charge in [-0.25, -0.2) is 0 Å². The number of benzene rings is 1. The quantitative estimate of drug-likeness (QED) is 0.798. The molecule has 1 aromatic carbocycles. The Kier molecular flexibility index (Phi) is 4.09. The smallest absolute Gasteiger partial charge is 0.0655 e. The fraction of sp³-hybridized carbons (Fsp3) is 0.500. The van der Waals surface area contributed by atoms with Crippen molar-refractivity contribution in [2.24, 2.45) is 11.7 Å². The summed E-state index contributed by atoms with van der Waals surface area (Å²) in [7, 11) is 0. The standard InChI is InChI=1S/C12H15Cl3N2/c1-7-6-17(3-2-11(7)16)12-5-9(14)8(13)4-10(12)15/h4-5,7,11H,2-3,6,16H2,1H3. The van der Waals surface area contributed by atoms with E-state index in [1.807, 2.05) is 6.07 Å². The van der Waals surface area contributed by atoms with Gasteiger partial charge in [-0.15, -0.1) is 0 Å². The van der Waals surface area contributed by atoms with Gasteiger partial charge in [0.05, 0.1) is 20.8 Å². The molecular weight excluding hydrogens is 279 g/mol. The summed E-state index contributed by atoms with van der Waals surface area (Å²) in [5.41, 5.74) is 6.95. The number of nitrogens with zero attached hydrogens (tertiary/aromatic N) is 1. The van der Waals surface area contributed by atoms with E-state index in [9.17, 15) is 0 Å². The van der Waals surface area contributed by atoms with E-state index < -0.39 is 0 Å². The summed E-state index contributed by atoms with van der Waals surface area (Å²) in [6.45, 7) is 3.96. The molecule has 0 radical (unpaired) electrons. The Morgan fingerprint density at radius 1 is 1.18 bits per heavy atom. The number of piperidine rings is 1. The lowest BCUT2D eigenvalue weighted by Crippen LogP contribution is -2.46. The molecule has 1 aliphatic rings. The third kappa shape index (κ3) is 2.82. The van der Waals surface area contributed by atoms with Crippen LogP contribution >= 0.6 is 34.8 Å². The molecule has 94 valence electrons. The molecule has 5 heteroatoms. The fourth-order valence-electron chi connectivity index (χ4n) is 2.14. The van der Waals surface area contributed by atoms with Crippen LogP contribution in [0.5, 0.6) is 0 Å². The third-order valence-electron chi connectivity index (χ3n) is 3.30. The van der Waals surface area contributed by atoms with E-state index in [4.69, 9.17) is 40.5 Å². The van der Waals surface area contributed by atoms with E-state index in [1.165, 1.54) is 0 Å².